The first-order valence-corrected chi connectivity index (χ1v) is 12.2. The Bertz CT molecular complexity index is 1390. The molecule has 31 heavy (non-hydrogen) atoms. The van der Waals surface area contributed by atoms with Crippen molar-refractivity contribution in [2.24, 2.45) is 0 Å². The van der Waals surface area contributed by atoms with E-state index in [4.69, 9.17) is 16.6 Å². The van der Waals surface area contributed by atoms with Gasteiger partial charge in [-0.1, -0.05) is 48.0 Å². The van der Waals surface area contributed by atoms with Crippen LogP contribution in [0.15, 0.2) is 77.1 Å². The summed E-state index contributed by atoms with van der Waals surface area (Å²) in [5.41, 5.74) is 5.74. The predicted molar refractivity (Wildman–Crippen MR) is 131 cm³/mol. The van der Waals surface area contributed by atoms with Gasteiger partial charge in [-0.25, -0.2) is 4.98 Å². The normalized spacial score (nSPS) is 11.4. The Kier molecular flexibility index (Phi) is 5.57. The number of aromatic nitrogens is 2. The van der Waals surface area contributed by atoms with Crippen LogP contribution in [0, 0.1) is 6.92 Å². The summed E-state index contributed by atoms with van der Waals surface area (Å²) in [5.74, 6) is 0.926. The van der Waals surface area contributed by atoms with Crippen LogP contribution in [0.2, 0.25) is 5.02 Å². The molecule has 0 aliphatic heterocycles. The highest BCUT2D eigenvalue weighted by atomic mass is 35.5. The number of aryl methyl sites for hydroxylation is 2. The smallest absolute Gasteiger partial charge is 0.205 e. The number of rotatable bonds is 6. The second kappa shape index (κ2) is 8.50. The molecule has 3 heterocycles. The van der Waals surface area contributed by atoms with Gasteiger partial charge in [-0.3, -0.25) is 9.20 Å². The van der Waals surface area contributed by atoms with Crippen molar-refractivity contribution >= 4 is 57.2 Å². The van der Waals surface area contributed by atoms with E-state index in [9.17, 15) is 4.79 Å². The fourth-order valence-corrected chi connectivity index (χ4v) is 6.28. The Morgan fingerprint density at radius 2 is 1.84 bits per heavy atom. The zero-order valence-electron chi connectivity index (χ0n) is 16.8. The van der Waals surface area contributed by atoms with E-state index in [1.807, 2.05) is 31.3 Å². The van der Waals surface area contributed by atoms with E-state index in [2.05, 4.69) is 28.7 Å². The number of hydrogen-bond donors (Lipinski definition) is 0. The molecular weight excluding hydrogens is 444 g/mol. The van der Waals surface area contributed by atoms with Crippen molar-refractivity contribution in [2.45, 2.75) is 17.6 Å². The van der Waals surface area contributed by atoms with E-state index in [0.29, 0.717) is 15.5 Å². The molecule has 0 saturated heterocycles. The maximum atomic E-state index is 13.4. The molecule has 154 valence electrons. The van der Waals surface area contributed by atoms with Gasteiger partial charge >= 0.3 is 0 Å². The molecule has 3 aromatic heterocycles. The number of imidazole rings is 1. The molecule has 0 unspecified atom stereocenters. The number of fused-ring (bicyclic) bond motifs is 3. The van der Waals surface area contributed by atoms with Crippen molar-refractivity contribution in [3.05, 3.63) is 99.5 Å². The molecule has 0 radical (unpaired) electrons. The minimum Gasteiger partial charge on any atom is -0.298 e. The largest absolute Gasteiger partial charge is 0.298 e. The summed E-state index contributed by atoms with van der Waals surface area (Å²) in [6, 6.07) is 21.6. The van der Waals surface area contributed by atoms with Gasteiger partial charge in [0, 0.05) is 22.5 Å². The molecule has 0 aliphatic rings. The number of carbonyl (C=O) groups excluding carboxylic acids is 1. The predicted octanol–water partition coefficient (Wildman–Crippen LogP) is 7.08. The maximum absolute atomic E-state index is 13.4. The highest BCUT2D eigenvalue weighted by Crippen LogP contribution is 2.40. The van der Waals surface area contributed by atoms with Crippen LogP contribution in [0.25, 0.3) is 16.7 Å². The van der Waals surface area contributed by atoms with E-state index < -0.39 is 0 Å². The highest BCUT2D eigenvalue weighted by molar-refractivity contribution is 8.01. The molecule has 6 heteroatoms. The van der Waals surface area contributed by atoms with Gasteiger partial charge in [0.2, 0.25) is 5.78 Å². The zero-order chi connectivity index (χ0) is 21.4. The Labute approximate surface area is 193 Å². The molecule has 0 fully saturated rings. The third-order valence-electron chi connectivity index (χ3n) is 5.23. The number of hydrogen-bond acceptors (Lipinski definition) is 4. The summed E-state index contributed by atoms with van der Waals surface area (Å²) >= 11 is 9.34. The van der Waals surface area contributed by atoms with Crippen molar-refractivity contribution in [3.8, 4) is 0 Å². The van der Waals surface area contributed by atoms with Gasteiger partial charge in [0.1, 0.15) is 16.0 Å². The van der Waals surface area contributed by atoms with Crippen molar-refractivity contribution in [3.63, 3.8) is 0 Å². The summed E-state index contributed by atoms with van der Waals surface area (Å²) < 4.78 is 3.24. The number of benzene rings is 2. The van der Waals surface area contributed by atoms with Crippen LogP contribution in [-0.4, -0.2) is 20.9 Å². The van der Waals surface area contributed by atoms with Gasteiger partial charge < -0.3 is 0 Å². The number of halogens is 1. The first-order chi connectivity index (χ1) is 15.1. The topological polar surface area (TPSA) is 34.4 Å². The van der Waals surface area contributed by atoms with Gasteiger partial charge in [0.25, 0.3) is 0 Å². The fraction of sp³-hybridized carbons (Fsp3) is 0.120. The number of thioether (sulfide) groups is 1. The van der Waals surface area contributed by atoms with Crippen LogP contribution >= 0.6 is 34.7 Å². The molecule has 0 atom stereocenters. The van der Waals surface area contributed by atoms with Crippen LogP contribution in [-0.2, 0) is 6.42 Å². The fourth-order valence-electron chi connectivity index (χ4n) is 3.64. The number of thiophene rings is 1. The van der Waals surface area contributed by atoms with Crippen molar-refractivity contribution in [1.29, 1.82) is 0 Å². The second-order valence-electron chi connectivity index (χ2n) is 7.33. The number of ketones is 1. The van der Waals surface area contributed by atoms with Gasteiger partial charge in [0.05, 0.1) is 9.73 Å². The standard InChI is InChI=1S/C25H19ClN2OS2/c1-16-6-5-14-28-21-20(27-24(16)28)23(22(29)18-9-11-19(26)12-10-18)31-25(21)30-15-13-17-7-3-2-4-8-17/h2-12,14H,13,15H2,1H3. The lowest BCUT2D eigenvalue weighted by atomic mass is 10.1. The van der Waals surface area contributed by atoms with Crippen LogP contribution in [0.3, 0.4) is 0 Å². The second-order valence-corrected chi connectivity index (χ2v) is 10.2. The van der Waals surface area contributed by atoms with E-state index in [-0.39, 0.29) is 5.78 Å². The molecular formula is C25H19ClN2OS2. The molecule has 0 aliphatic carbocycles. The van der Waals surface area contributed by atoms with E-state index in [0.717, 1.165) is 38.6 Å². The Morgan fingerprint density at radius 1 is 1.06 bits per heavy atom. The number of pyridine rings is 1. The van der Waals surface area contributed by atoms with Crippen molar-refractivity contribution in [2.75, 3.05) is 5.75 Å². The minimum absolute atomic E-state index is 0.0114. The van der Waals surface area contributed by atoms with Crippen LogP contribution < -0.4 is 0 Å². The van der Waals surface area contributed by atoms with E-state index in [1.165, 1.54) is 16.9 Å². The Morgan fingerprint density at radius 3 is 2.61 bits per heavy atom. The molecule has 3 nitrogen and oxygen atoms in total. The minimum atomic E-state index is -0.0114. The molecule has 0 amide bonds. The highest BCUT2D eigenvalue weighted by Gasteiger charge is 2.23. The molecule has 5 rings (SSSR count). The van der Waals surface area contributed by atoms with E-state index in [1.54, 1.807) is 36.0 Å². The average Bonchev–Trinajstić information content (AvgIpc) is 3.34. The maximum Gasteiger partial charge on any atom is 0.205 e. The van der Waals surface area contributed by atoms with Gasteiger partial charge in [-0.05, 0) is 54.8 Å². The summed E-state index contributed by atoms with van der Waals surface area (Å²) in [4.78, 5) is 18.9. The zero-order valence-corrected chi connectivity index (χ0v) is 19.2. The number of nitrogens with zero attached hydrogens (tertiary/aromatic N) is 2. The third-order valence-corrected chi connectivity index (χ3v) is 7.91. The molecule has 2 aromatic carbocycles. The van der Waals surface area contributed by atoms with Crippen LogP contribution in [0.4, 0.5) is 0 Å². The first kappa shape index (κ1) is 20.3. The van der Waals surface area contributed by atoms with Crippen molar-refractivity contribution < 1.29 is 4.79 Å². The first-order valence-electron chi connectivity index (χ1n) is 9.99. The number of carbonyl (C=O) groups is 1. The van der Waals surface area contributed by atoms with Gasteiger partial charge in [-0.2, -0.15) is 0 Å². The SMILES string of the molecule is Cc1cccn2c1nc1c(C(=O)c3ccc(Cl)cc3)sc(SCCc3ccccc3)c12. The molecule has 0 bridgehead atoms. The summed E-state index contributed by atoms with van der Waals surface area (Å²) in [7, 11) is 0. The monoisotopic (exact) mass is 462 g/mol. The quantitative estimate of drug-likeness (QED) is 0.200. The lowest BCUT2D eigenvalue weighted by Gasteiger charge is -2.02. The third kappa shape index (κ3) is 3.89. The lowest BCUT2D eigenvalue weighted by molar-refractivity contribution is 0.104. The summed E-state index contributed by atoms with van der Waals surface area (Å²) in [6.45, 7) is 2.05. The lowest BCUT2D eigenvalue weighted by Crippen LogP contribution is -1.98. The summed E-state index contributed by atoms with van der Waals surface area (Å²) in [6.07, 6.45) is 3.00. The van der Waals surface area contributed by atoms with Gasteiger partial charge in [0.15, 0.2) is 0 Å². The molecule has 0 spiro atoms. The van der Waals surface area contributed by atoms with Crippen LogP contribution in [0.1, 0.15) is 26.4 Å². The average molecular weight is 463 g/mol. The van der Waals surface area contributed by atoms with Crippen molar-refractivity contribution in [1.82, 2.24) is 9.38 Å². The molecule has 0 N–H and O–H groups in total. The van der Waals surface area contributed by atoms with E-state index >= 15 is 0 Å². The summed E-state index contributed by atoms with van der Waals surface area (Å²) in [5, 5.41) is 0.619. The molecule has 5 aromatic rings. The Balaban J connectivity index is 1.57. The van der Waals surface area contributed by atoms with Gasteiger partial charge in [-0.15, -0.1) is 23.1 Å². The van der Waals surface area contributed by atoms with Crippen LogP contribution in [0.5, 0.6) is 0 Å². The Hall–Kier alpha value is -2.60. The molecule has 0 saturated carbocycles.